The third-order valence-corrected chi connectivity index (χ3v) is 7.66. The van der Waals surface area contributed by atoms with Crippen molar-refractivity contribution in [1.29, 1.82) is 0 Å². The van der Waals surface area contributed by atoms with E-state index in [1.165, 1.54) is 22.5 Å². The largest absolute Gasteiger partial charge is 0.466 e. The molecule has 9 heteroatoms. The molecule has 5 rings (SSSR count). The molecule has 0 saturated carbocycles. The first-order chi connectivity index (χ1) is 18.5. The second-order valence-electron chi connectivity index (χ2n) is 9.79. The van der Waals surface area contributed by atoms with Crippen LogP contribution >= 0.6 is 11.3 Å². The van der Waals surface area contributed by atoms with Crippen LogP contribution in [-0.2, 0) is 29.2 Å². The van der Waals surface area contributed by atoms with Crippen LogP contribution in [0.25, 0.3) is 0 Å². The molecule has 38 heavy (non-hydrogen) atoms. The number of carbonyl (C=O) groups excluding carboxylic acids is 2. The van der Waals surface area contributed by atoms with E-state index in [1.54, 1.807) is 11.8 Å². The maximum Gasteiger partial charge on any atom is 0.310 e. The SMILES string of the molecule is CCOC(=O)C1CCCN(C(=O)c2csc(CN(Cc3ccc(C)cc3)Cc3ccc4c(c3)OCO4)n2)C1. The summed E-state index contributed by atoms with van der Waals surface area (Å²) in [5.74, 6) is 0.923. The smallest absolute Gasteiger partial charge is 0.310 e. The average Bonchev–Trinajstić information content (AvgIpc) is 3.59. The molecule has 0 bridgehead atoms. The molecule has 0 radical (unpaired) electrons. The first-order valence-corrected chi connectivity index (χ1v) is 13.9. The van der Waals surface area contributed by atoms with E-state index in [0.29, 0.717) is 38.5 Å². The van der Waals surface area contributed by atoms with Crippen molar-refractivity contribution in [3.63, 3.8) is 0 Å². The summed E-state index contributed by atoms with van der Waals surface area (Å²) in [6.45, 7) is 7.54. The number of aromatic nitrogens is 1. The highest BCUT2D eigenvalue weighted by atomic mass is 32.1. The number of rotatable bonds is 9. The Labute approximate surface area is 227 Å². The predicted octanol–water partition coefficient (Wildman–Crippen LogP) is 4.80. The number of aryl methyl sites for hydroxylation is 1. The Hall–Kier alpha value is -3.43. The number of piperidine rings is 1. The Morgan fingerprint density at radius 3 is 2.66 bits per heavy atom. The summed E-state index contributed by atoms with van der Waals surface area (Å²) < 4.78 is 16.2. The Kier molecular flexibility index (Phi) is 8.24. The topological polar surface area (TPSA) is 81.2 Å². The second-order valence-corrected chi connectivity index (χ2v) is 10.7. The number of amides is 1. The van der Waals surface area contributed by atoms with Crippen molar-refractivity contribution in [2.24, 2.45) is 5.92 Å². The lowest BCUT2D eigenvalue weighted by molar-refractivity contribution is -0.149. The number of ether oxygens (including phenoxy) is 3. The highest BCUT2D eigenvalue weighted by molar-refractivity contribution is 7.09. The van der Waals surface area contributed by atoms with Gasteiger partial charge in [0.15, 0.2) is 11.5 Å². The van der Waals surface area contributed by atoms with Gasteiger partial charge in [-0.1, -0.05) is 35.9 Å². The molecule has 1 fully saturated rings. The van der Waals surface area contributed by atoms with Gasteiger partial charge in [-0.2, -0.15) is 0 Å². The van der Waals surface area contributed by atoms with E-state index in [1.807, 2.05) is 17.5 Å². The number of benzene rings is 2. The van der Waals surface area contributed by atoms with E-state index in [4.69, 9.17) is 19.2 Å². The molecule has 2 aromatic carbocycles. The van der Waals surface area contributed by atoms with E-state index < -0.39 is 0 Å². The number of esters is 1. The molecule has 0 aliphatic carbocycles. The predicted molar refractivity (Wildman–Crippen MR) is 144 cm³/mol. The highest BCUT2D eigenvalue weighted by Crippen LogP contribution is 2.33. The number of thiazole rings is 1. The monoisotopic (exact) mass is 535 g/mol. The Morgan fingerprint density at radius 1 is 1.08 bits per heavy atom. The van der Waals surface area contributed by atoms with Gasteiger partial charge in [0.05, 0.1) is 19.1 Å². The lowest BCUT2D eigenvalue weighted by atomic mass is 9.98. The number of fused-ring (bicyclic) bond motifs is 1. The third kappa shape index (κ3) is 6.34. The van der Waals surface area contributed by atoms with Gasteiger partial charge in [0.25, 0.3) is 5.91 Å². The molecule has 0 spiro atoms. The molecule has 1 aromatic heterocycles. The molecular weight excluding hydrogens is 502 g/mol. The van der Waals surface area contributed by atoms with Gasteiger partial charge in [-0.05, 0) is 49.9 Å². The van der Waals surface area contributed by atoms with Gasteiger partial charge in [-0.15, -0.1) is 11.3 Å². The molecule has 8 nitrogen and oxygen atoms in total. The molecular formula is C29H33N3O5S. The summed E-state index contributed by atoms with van der Waals surface area (Å²) in [6.07, 6.45) is 1.53. The zero-order chi connectivity index (χ0) is 26.5. The zero-order valence-corrected chi connectivity index (χ0v) is 22.7. The molecule has 0 N–H and O–H groups in total. The zero-order valence-electron chi connectivity index (χ0n) is 21.9. The standard InChI is InChI=1S/C29H33N3O5S/c1-3-35-29(34)23-5-4-12-32(16-23)28(33)24-18-38-27(30-24)17-31(14-21-8-6-20(2)7-9-21)15-22-10-11-25-26(13-22)37-19-36-25/h6-11,13,18,23H,3-5,12,14-17,19H2,1-2H3. The maximum atomic E-state index is 13.2. The van der Waals surface area contributed by atoms with Crippen molar-refractivity contribution >= 4 is 23.2 Å². The minimum absolute atomic E-state index is 0.123. The summed E-state index contributed by atoms with van der Waals surface area (Å²) in [4.78, 5) is 34.2. The number of likely N-dealkylation sites (tertiary alicyclic amines) is 1. The molecule has 1 amide bonds. The van der Waals surface area contributed by atoms with Crippen molar-refractivity contribution in [3.8, 4) is 11.5 Å². The fourth-order valence-electron chi connectivity index (χ4n) is 4.87. The van der Waals surface area contributed by atoms with Crippen LogP contribution in [0.15, 0.2) is 47.8 Å². The first-order valence-electron chi connectivity index (χ1n) is 13.0. The molecule has 1 atom stereocenters. The normalized spacial score (nSPS) is 16.6. The van der Waals surface area contributed by atoms with Crippen molar-refractivity contribution in [2.45, 2.75) is 46.3 Å². The van der Waals surface area contributed by atoms with Crippen LogP contribution in [0.4, 0.5) is 0 Å². The summed E-state index contributed by atoms with van der Waals surface area (Å²) in [6, 6.07) is 14.6. The summed E-state index contributed by atoms with van der Waals surface area (Å²) in [7, 11) is 0. The molecule has 200 valence electrons. The van der Waals surface area contributed by atoms with E-state index in [-0.39, 0.29) is 24.6 Å². The summed E-state index contributed by atoms with van der Waals surface area (Å²) in [5.41, 5.74) is 3.99. The summed E-state index contributed by atoms with van der Waals surface area (Å²) >= 11 is 1.49. The minimum atomic E-state index is -0.266. The van der Waals surface area contributed by atoms with Crippen molar-refractivity contribution in [1.82, 2.24) is 14.8 Å². The lowest BCUT2D eigenvalue weighted by Gasteiger charge is -2.31. The van der Waals surface area contributed by atoms with Crippen LogP contribution in [0.1, 0.15) is 52.0 Å². The van der Waals surface area contributed by atoms with Gasteiger partial charge in [0.2, 0.25) is 6.79 Å². The van der Waals surface area contributed by atoms with E-state index in [0.717, 1.165) is 41.5 Å². The number of hydrogen-bond donors (Lipinski definition) is 0. The van der Waals surface area contributed by atoms with Crippen molar-refractivity contribution < 1.29 is 23.8 Å². The van der Waals surface area contributed by atoms with E-state index in [2.05, 4.69) is 42.2 Å². The van der Waals surface area contributed by atoms with Crippen LogP contribution in [-0.4, -0.2) is 53.1 Å². The number of carbonyl (C=O) groups is 2. The molecule has 2 aliphatic rings. The fraction of sp³-hybridized carbons (Fsp3) is 0.414. The average molecular weight is 536 g/mol. The van der Waals surface area contributed by atoms with Gasteiger partial charge in [0.1, 0.15) is 10.7 Å². The van der Waals surface area contributed by atoms with Crippen LogP contribution in [0.2, 0.25) is 0 Å². The molecule has 1 unspecified atom stereocenters. The second kappa shape index (κ2) is 12.0. The molecule has 3 aromatic rings. The third-order valence-electron chi connectivity index (χ3n) is 6.83. The Morgan fingerprint density at radius 2 is 1.84 bits per heavy atom. The van der Waals surface area contributed by atoms with E-state index >= 15 is 0 Å². The lowest BCUT2D eigenvalue weighted by Crippen LogP contribution is -2.43. The van der Waals surface area contributed by atoms with Crippen LogP contribution in [0, 0.1) is 12.8 Å². The Balaban J connectivity index is 1.28. The van der Waals surface area contributed by atoms with Crippen LogP contribution in [0.5, 0.6) is 11.5 Å². The molecule has 1 saturated heterocycles. The van der Waals surface area contributed by atoms with E-state index in [9.17, 15) is 9.59 Å². The van der Waals surface area contributed by atoms with Gasteiger partial charge < -0.3 is 19.1 Å². The molecule has 2 aliphatic heterocycles. The number of nitrogens with zero attached hydrogens (tertiary/aromatic N) is 3. The first kappa shape index (κ1) is 26.2. The quantitative estimate of drug-likeness (QED) is 0.364. The van der Waals surface area contributed by atoms with Crippen molar-refractivity contribution in [2.75, 3.05) is 26.5 Å². The van der Waals surface area contributed by atoms with Gasteiger partial charge in [-0.25, -0.2) is 4.98 Å². The van der Waals surface area contributed by atoms with Gasteiger partial charge >= 0.3 is 5.97 Å². The minimum Gasteiger partial charge on any atom is -0.466 e. The van der Waals surface area contributed by atoms with Gasteiger partial charge in [0, 0.05) is 31.6 Å². The number of hydrogen-bond acceptors (Lipinski definition) is 8. The summed E-state index contributed by atoms with van der Waals surface area (Å²) in [5, 5.41) is 2.70. The fourth-order valence-corrected chi connectivity index (χ4v) is 5.68. The van der Waals surface area contributed by atoms with Crippen molar-refractivity contribution in [3.05, 3.63) is 75.2 Å². The molecule has 3 heterocycles. The van der Waals surface area contributed by atoms with Crippen LogP contribution in [0.3, 0.4) is 0 Å². The Bertz CT molecular complexity index is 1280. The maximum absolute atomic E-state index is 13.2. The highest BCUT2D eigenvalue weighted by Gasteiger charge is 2.30. The van der Waals surface area contributed by atoms with Gasteiger partial charge in [-0.3, -0.25) is 14.5 Å². The van der Waals surface area contributed by atoms with Crippen LogP contribution < -0.4 is 9.47 Å².